The van der Waals surface area contributed by atoms with E-state index in [0.717, 1.165) is 11.3 Å². The maximum atomic E-state index is 11.8. The Balaban J connectivity index is 1.99. The van der Waals surface area contributed by atoms with Crippen LogP contribution in [0.4, 0.5) is 0 Å². The summed E-state index contributed by atoms with van der Waals surface area (Å²) < 4.78 is 5.05. The average Bonchev–Trinajstić information content (AvgIpc) is 2.48. The van der Waals surface area contributed by atoms with Crippen LogP contribution in [0, 0.1) is 0 Å². The molecule has 1 aromatic heterocycles. The van der Waals surface area contributed by atoms with E-state index in [9.17, 15) is 4.79 Å². The zero-order valence-electron chi connectivity index (χ0n) is 10.7. The van der Waals surface area contributed by atoms with Crippen molar-refractivity contribution in [1.29, 1.82) is 0 Å². The number of benzene rings is 1. The summed E-state index contributed by atoms with van der Waals surface area (Å²) >= 11 is 5.81. The van der Waals surface area contributed by atoms with Crippen LogP contribution in [0.1, 0.15) is 15.9 Å². The summed E-state index contributed by atoms with van der Waals surface area (Å²) in [5.74, 6) is 0.348. The largest absolute Gasteiger partial charge is 0.497 e. The van der Waals surface area contributed by atoms with Crippen LogP contribution in [0.15, 0.2) is 47.7 Å². The van der Waals surface area contributed by atoms with Gasteiger partial charge >= 0.3 is 0 Å². The molecular formula is C14H12ClN3O2. The number of halogens is 1. The fourth-order valence-corrected chi connectivity index (χ4v) is 1.68. The molecule has 2 rings (SSSR count). The van der Waals surface area contributed by atoms with Crippen LogP contribution in [0.2, 0.25) is 5.15 Å². The van der Waals surface area contributed by atoms with Crippen LogP contribution in [0.3, 0.4) is 0 Å². The van der Waals surface area contributed by atoms with Gasteiger partial charge in [-0.1, -0.05) is 11.6 Å². The first-order chi connectivity index (χ1) is 9.70. The number of hydrogen-bond donors (Lipinski definition) is 1. The molecule has 6 heteroatoms. The number of ether oxygens (including phenoxy) is 1. The normalized spacial score (nSPS) is 10.5. The molecule has 5 nitrogen and oxygen atoms in total. The molecule has 1 N–H and O–H groups in total. The monoisotopic (exact) mass is 289 g/mol. The zero-order chi connectivity index (χ0) is 14.4. The lowest BCUT2D eigenvalue weighted by Gasteiger charge is -2.01. The van der Waals surface area contributed by atoms with Crippen LogP contribution in [-0.4, -0.2) is 24.2 Å². The summed E-state index contributed by atoms with van der Waals surface area (Å²) in [5, 5.41) is 4.01. The Kier molecular flexibility index (Phi) is 4.68. The number of carbonyl (C=O) groups is 1. The second-order valence-electron chi connectivity index (χ2n) is 3.81. The molecule has 0 bridgehead atoms. The van der Waals surface area contributed by atoms with Gasteiger partial charge in [0.15, 0.2) is 0 Å². The van der Waals surface area contributed by atoms with Crippen molar-refractivity contribution in [2.45, 2.75) is 0 Å². The number of nitrogens with zero attached hydrogens (tertiary/aromatic N) is 2. The quantitative estimate of drug-likeness (QED) is 0.534. The van der Waals surface area contributed by atoms with Crippen molar-refractivity contribution in [2.75, 3.05) is 7.11 Å². The third-order valence-corrected chi connectivity index (χ3v) is 2.80. The maximum absolute atomic E-state index is 11.8. The zero-order valence-corrected chi connectivity index (χ0v) is 11.5. The van der Waals surface area contributed by atoms with Crippen molar-refractivity contribution in [3.8, 4) is 5.75 Å². The van der Waals surface area contributed by atoms with Crippen LogP contribution in [-0.2, 0) is 0 Å². The van der Waals surface area contributed by atoms with Gasteiger partial charge in [0.1, 0.15) is 10.9 Å². The average molecular weight is 290 g/mol. The highest BCUT2D eigenvalue weighted by Gasteiger charge is 2.08. The molecule has 0 fully saturated rings. The first-order valence-electron chi connectivity index (χ1n) is 5.78. The lowest BCUT2D eigenvalue weighted by Crippen LogP contribution is -2.18. The Morgan fingerprint density at radius 3 is 2.75 bits per heavy atom. The molecule has 2 aromatic rings. The van der Waals surface area contributed by atoms with E-state index in [1.165, 1.54) is 12.4 Å². The van der Waals surface area contributed by atoms with Crippen molar-refractivity contribution in [3.05, 3.63) is 58.9 Å². The van der Waals surface area contributed by atoms with Gasteiger partial charge in [-0.25, -0.2) is 10.4 Å². The van der Waals surface area contributed by atoms with Crippen molar-refractivity contribution in [2.24, 2.45) is 5.10 Å². The Morgan fingerprint density at radius 1 is 1.35 bits per heavy atom. The third-order valence-electron chi connectivity index (χ3n) is 2.50. The number of carbonyl (C=O) groups excluding carboxylic acids is 1. The van der Waals surface area contributed by atoms with E-state index in [0.29, 0.717) is 0 Å². The standard InChI is InChI=1S/C14H12ClN3O2/c1-20-11-6-4-10(5-7-11)9-17-18-14(19)12-3-2-8-16-13(12)15/h2-9H,1H3,(H,18,19). The summed E-state index contributed by atoms with van der Waals surface area (Å²) in [4.78, 5) is 15.6. The van der Waals surface area contributed by atoms with E-state index < -0.39 is 5.91 Å². The molecule has 1 amide bonds. The molecule has 0 aliphatic carbocycles. The van der Waals surface area contributed by atoms with Crippen LogP contribution in [0.5, 0.6) is 5.75 Å². The predicted molar refractivity (Wildman–Crippen MR) is 77.3 cm³/mol. The molecule has 0 aliphatic heterocycles. The van der Waals surface area contributed by atoms with Crippen molar-refractivity contribution in [3.63, 3.8) is 0 Å². The van der Waals surface area contributed by atoms with Crippen molar-refractivity contribution in [1.82, 2.24) is 10.4 Å². The number of pyridine rings is 1. The highest BCUT2D eigenvalue weighted by Crippen LogP contribution is 2.11. The minimum Gasteiger partial charge on any atom is -0.497 e. The van der Waals surface area contributed by atoms with E-state index >= 15 is 0 Å². The van der Waals surface area contributed by atoms with Gasteiger partial charge < -0.3 is 4.74 Å². The van der Waals surface area contributed by atoms with E-state index in [2.05, 4.69) is 15.5 Å². The van der Waals surface area contributed by atoms with Crippen molar-refractivity contribution >= 4 is 23.7 Å². The Bertz CT molecular complexity index is 627. The summed E-state index contributed by atoms with van der Waals surface area (Å²) in [6.07, 6.45) is 3.04. The van der Waals surface area contributed by atoms with Gasteiger partial charge in [-0.15, -0.1) is 0 Å². The summed E-state index contributed by atoms with van der Waals surface area (Å²) in [7, 11) is 1.60. The summed E-state index contributed by atoms with van der Waals surface area (Å²) in [6, 6.07) is 10.5. The van der Waals surface area contributed by atoms with Crippen molar-refractivity contribution < 1.29 is 9.53 Å². The second kappa shape index (κ2) is 6.68. The maximum Gasteiger partial charge on any atom is 0.274 e. The van der Waals surface area contributed by atoms with Crippen LogP contribution in [0.25, 0.3) is 0 Å². The minimum atomic E-state index is -0.409. The van der Waals surface area contributed by atoms with Gasteiger partial charge in [0.2, 0.25) is 0 Å². The predicted octanol–water partition coefficient (Wildman–Crippen LogP) is 2.51. The molecule has 1 aromatic carbocycles. The van der Waals surface area contributed by atoms with E-state index in [-0.39, 0.29) is 10.7 Å². The molecular weight excluding hydrogens is 278 g/mol. The fourth-order valence-electron chi connectivity index (χ4n) is 1.47. The topological polar surface area (TPSA) is 63.6 Å². The Morgan fingerprint density at radius 2 is 2.10 bits per heavy atom. The highest BCUT2D eigenvalue weighted by molar-refractivity contribution is 6.32. The third kappa shape index (κ3) is 3.55. The molecule has 102 valence electrons. The first-order valence-corrected chi connectivity index (χ1v) is 6.16. The molecule has 0 spiro atoms. The molecule has 0 saturated carbocycles. The van der Waals surface area contributed by atoms with Gasteiger partial charge in [-0.3, -0.25) is 4.79 Å². The van der Waals surface area contributed by atoms with Gasteiger partial charge in [0.25, 0.3) is 5.91 Å². The SMILES string of the molecule is COc1ccc(C=NNC(=O)c2cccnc2Cl)cc1. The molecule has 0 saturated heterocycles. The molecule has 0 unspecified atom stereocenters. The second-order valence-corrected chi connectivity index (χ2v) is 4.17. The number of hydrogen-bond acceptors (Lipinski definition) is 4. The van der Waals surface area contributed by atoms with Crippen LogP contribution < -0.4 is 10.2 Å². The highest BCUT2D eigenvalue weighted by atomic mass is 35.5. The summed E-state index contributed by atoms with van der Waals surface area (Å²) in [5.41, 5.74) is 3.51. The minimum absolute atomic E-state index is 0.143. The summed E-state index contributed by atoms with van der Waals surface area (Å²) in [6.45, 7) is 0. The first kappa shape index (κ1) is 14.0. The molecule has 0 aliphatic rings. The smallest absolute Gasteiger partial charge is 0.274 e. The Hall–Kier alpha value is -2.40. The number of aromatic nitrogens is 1. The van der Waals surface area contributed by atoms with Gasteiger partial charge in [-0.2, -0.15) is 5.10 Å². The van der Waals surface area contributed by atoms with E-state index in [1.54, 1.807) is 31.4 Å². The molecule has 1 heterocycles. The lowest BCUT2D eigenvalue weighted by atomic mass is 10.2. The molecule has 0 atom stereocenters. The lowest BCUT2D eigenvalue weighted by molar-refractivity contribution is 0.0955. The number of rotatable bonds is 4. The van der Waals surface area contributed by atoms with Crippen LogP contribution >= 0.6 is 11.6 Å². The number of hydrazone groups is 1. The fraction of sp³-hybridized carbons (Fsp3) is 0.0714. The Labute approximate surface area is 121 Å². The van der Waals surface area contributed by atoms with E-state index in [4.69, 9.17) is 16.3 Å². The number of methoxy groups -OCH3 is 1. The van der Waals surface area contributed by atoms with Gasteiger partial charge in [0, 0.05) is 6.20 Å². The van der Waals surface area contributed by atoms with E-state index in [1.807, 2.05) is 12.1 Å². The molecule has 0 radical (unpaired) electrons. The van der Waals surface area contributed by atoms with Gasteiger partial charge in [-0.05, 0) is 42.0 Å². The number of amides is 1. The number of nitrogens with one attached hydrogen (secondary N) is 1. The molecule has 20 heavy (non-hydrogen) atoms. The van der Waals surface area contributed by atoms with Gasteiger partial charge in [0.05, 0.1) is 18.9 Å².